The Balaban J connectivity index is 1.95. The third kappa shape index (κ3) is 2.80. The first-order valence-corrected chi connectivity index (χ1v) is 8.72. The summed E-state index contributed by atoms with van der Waals surface area (Å²) in [5.41, 5.74) is 2.54. The van der Waals surface area contributed by atoms with E-state index in [0.29, 0.717) is 0 Å². The second-order valence-electron chi connectivity index (χ2n) is 8.42. The highest BCUT2D eigenvalue weighted by molar-refractivity contribution is 5.82. The second kappa shape index (κ2) is 5.57. The van der Waals surface area contributed by atoms with Crippen LogP contribution in [0.2, 0.25) is 0 Å². The molecule has 5 heteroatoms. The van der Waals surface area contributed by atoms with Crippen molar-refractivity contribution in [2.75, 3.05) is 13.1 Å². The highest BCUT2D eigenvalue weighted by Crippen LogP contribution is 2.35. The van der Waals surface area contributed by atoms with Gasteiger partial charge in [0.25, 0.3) is 0 Å². The number of piperidine rings is 1. The Morgan fingerprint density at radius 2 is 2.00 bits per heavy atom. The number of hydrogen-bond acceptors (Lipinski definition) is 3. The van der Waals surface area contributed by atoms with Gasteiger partial charge in [0.15, 0.2) is 5.65 Å². The first-order chi connectivity index (χ1) is 11.1. The van der Waals surface area contributed by atoms with E-state index >= 15 is 0 Å². The minimum Gasteiger partial charge on any atom is -0.341 e. The molecule has 1 saturated heterocycles. The summed E-state index contributed by atoms with van der Waals surface area (Å²) in [6.45, 7) is 11.8. The van der Waals surface area contributed by atoms with Gasteiger partial charge in [-0.25, -0.2) is 4.98 Å². The summed E-state index contributed by atoms with van der Waals surface area (Å²) in [5, 5.41) is 5.56. The molecule has 0 aliphatic carbocycles. The fourth-order valence-electron chi connectivity index (χ4n) is 3.74. The van der Waals surface area contributed by atoms with Gasteiger partial charge in [-0.3, -0.25) is 9.48 Å². The van der Waals surface area contributed by atoms with Crippen LogP contribution in [-0.4, -0.2) is 38.7 Å². The lowest BCUT2D eigenvalue weighted by Crippen LogP contribution is -2.50. The van der Waals surface area contributed by atoms with Gasteiger partial charge in [-0.1, -0.05) is 27.7 Å². The first kappa shape index (κ1) is 16.9. The maximum atomic E-state index is 12.7. The average Bonchev–Trinajstić information content (AvgIpc) is 2.80. The molecule has 3 rings (SSSR count). The molecule has 1 aliphatic rings. The molecule has 3 heterocycles. The highest BCUT2D eigenvalue weighted by atomic mass is 16.2. The summed E-state index contributed by atoms with van der Waals surface area (Å²) in [4.78, 5) is 19.6. The van der Waals surface area contributed by atoms with Crippen molar-refractivity contribution < 1.29 is 4.79 Å². The summed E-state index contributed by atoms with van der Waals surface area (Å²) < 4.78 is 1.85. The SMILES string of the molecule is Cc1nn(C)c2nc([C@@]3(C)CCCN(C(=O)C(C)(C)C)C3)ccc12. The maximum Gasteiger partial charge on any atom is 0.227 e. The number of hydrogen-bond donors (Lipinski definition) is 0. The molecule has 1 aliphatic heterocycles. The van der Waals surface area contributed by atoms with Crippen LogP contribution >= 0.6 is 0 Å². The fraction of sp³-hybridized carbons (Fsp3) is 0.632. The zero-order chi connectivity index (χ0) is 17.7. The summed E-state index contributed by atoms with van der Waals surface area (Å²) >= 11 is 0. The summed E-state index contributed by atoms with van der Waals surface area (Å²) in [7, 11) is 1.94. The fourth-order valence-corrected chi connectivity index (χ4v) is 3.74. The van der Waals surface area contributed by atoms with Crippen LogP contribution in [0.4, 0.5) is 0 Å². The third-order valence-corrected chi connectivity index (χ3v) is 5.12. The van der Waals surface area contributed by atoms with Crippen molar-refractivity contribution in [2.45, 2.75) is 52.9 Å². The number of carbonyl (C=O) groups is 1. The Labute approximate surface area is 144 Å². The molecule has 2 aromatic rings. The zero-order valence-electron chi connectivity index (χ0n) is 15.7. The largest absolute Gasteiger partial charge is 0.341 e. The van der Waals surface area contributed by atoms with Crippen molar-refractivity contribution in [3.05, 3.63) is 23.5 Å². The average molecular weight is 328 g/mol. The topological polar surface area (TPSA) is 51.0 Å². The zero-order valence-corrected chi connectivity index (χ0v) is 15.7. The van der Waals surface area contributed by atoms with Crippen molar-refractivity contribution in [3.8, 4) is 0 Å². The maximum absolute atomic E-state index is 12.7. The summed E-state index contributed by atoms with van der Waals surface area (Å²) in [6.07, 6.45) is 2.07. The molecule has 24 heavy (non-hydrogen) atoms. The lowest BCUT2D eigenvalue weighted by Gasteiger charge is -2.42. The Bertz CT molecular complexity index is 786. The molecular weight excluding hydrogens is 300 g/mol. The monoisotopic (exact) mass is 328 g/mol. The van der Waals surface area contributed by atoms with E-state index in [-0.39, 0.29) is 16.7 Å². The van der Waals surface area contributed by atoms with Gasteiger partial charge < -0.3 is 4.90 Å². The van der Waals surface area contributed by atoms with Crippen molar-refractivity contribution >= 4 is 16.9 Å². The van der Waals surface area contributed by atoms with Gasteiger partial charge in [0.2, 0.25) is 5.91 Å². The van der Waals surface area contributed by atoms with E-state index in [1.165, 1.54) is 0 Å². The Kier molecular flexibility index (Phi) is 3.93. The van der Waals surface area contributed by atoms with Gasteiger partial charge in [0.05, 0.1) is 11.4 Å². The normalized spacial score (nSPS) is 22.2. The van der Waals surface area contributed by atoms with Crippen LogP contribution in [0.5, 0.6) is 0 Å². The lowest BCUT2D eigenvalue weighted by atomic mass is 9.77. The van der Waals surface area contributed by atoms with Crippen molar-refractivity contribution in [1.29, 1.82) is 0 Å². The van der Waals surface area contributed by atoms with E-state index in [1.54, 1.807) is 0 Å². The van der Waals surface area contributed by atoms with Crippen LogP contribution in [0.25, 0.3) is 11.0 Å². The molecule has 0 bridgehead atoms. The molecule has 5 nitrogen and oxygen atoms in total. The predicted octanol–water partition coefficient (Wildman–Crippen LogP) is 3.20. The summed E-state index contributed by atoms with van der Waals surface area (Å²) in [6, 6.07) is 4.23. The van der Waals surface area contributed by atoms with Crippen LogP contribution in [0.3, 0.4) is 0 Å². The van der Waals surface area contributed by atoms with E-state index in [4.69, 9.17) is 4.98 Å². The van der Waals surface area contributed by atoms with Gasteiger partial charge in [-0.05, 0) is 31.9 Å². The third-order valence-electron chi connectivity index (χ3n) is 5.12. The Morgan fingerprint density at radius 3 is 2.67 bits per heavy atom. The molecule has 0 unspecified atom stereocenters. The van der Waals surface area contributed by atoms with E-state index in [2.05, 4.69) is 24.2 Å². The number of rotatable bonds is 1. The van der Waals surface area contributed by atoms with Crippen LogP contribution in [-0.2, 0) is 17.3 Å². The molecule has 0 aromatic carbocycles. The van der Waals surface area contributed by atoms with E-state index in [0.717, 1.165) is 48.4 Å². The minimum absolute atomic E-state index is 0.106. The van der Waals surface area contributed by atoms with Gasteiger partial charge in [-0.2, -0.15) is 5.10 Å². The molecule has 0 saturated carbocycles. The number of likely N-dealkylation sites (tertiary alicyclic amines) is 1. The second-order valence-corrected chi connectivity index (χ2v) is 8.42. The molecule has 0 radical (unpaired) electrons. The number of pyridine rings is 1. The molecular formula is C19H28N4O. The Hall–Kier alpha value is -1.91. The standard InChI is InChI=1S/C19H28N4O/c1-13-14-8-9-15(20-16(14)22(6)21-13)19(5)10-7-11-23(12-19)17(24)18(2,3)4/h8-9H,7,10-12H2,1-6H3/t19-/m0/s1. The first-order valence-electron chi connectivity index (χ1n) is 8.72. The van der Waals surface area contributed by atoms with E-state index in [9.17, 15) is 4.79 Å². The number of nitrogens with zero attached hydrogens (tertiary/aromatic N) is 4. The number of carbonyl (C=O) groups excluding carboxylic acids is 1. The van der Waals surface area contributed by atoms with Crippen molar-refractivity contribution in [2.24, 2.45) is 12.5 Å². The molecule has 130 valence electrons. The van der Waals surface area contributed by atoms with Gasteiger partial charge >= 0.3 is 0 Å². The number of amides is 1. The van der Waals surface area contributed by atoms with Crippen molar-refractivity contribution in [1.82, 2.24) is 19.7 Å². The van der Waals surface area contributed by atoms with Gasteiger partial charge in [0, 0.05) is 36.4 Å². The molecule has 0 spiro atoms. The van der Waals surface area contributed by atoms with Crippen LogP contribution in [0, 0.1) is 12.3 Å². The van der Waals surface area contributed by atoms with Gasteiger partial charge in [0.1, 0.15) is 0 Å². The molecule has 1 fully saturated rings. The van der Waals surface area contributed by atoms with E-state index < -0.39 is 0 Å². The van der Waals surface area contributed by atoms with Crippen LogP contribution in [0.1, 0.15) is 51.9 Å². The minimum atomic E-state index is -0.339. The number of aryl methyl sites for hydroxylation is 2. The quantitative estimate of drug-likeness (QED) is 0.808. The van der Waals surface area contributed by atoms with E-state index in [1.807, 2.05) is 44.3 Å². The Morgan fingerprint density at radius 1 is 1.29 bits per heavy atom. The van der Waals surface area contributed by atoms with Crippen molar-refractivity contribution in [3.63, 3.8) is 0 Å². The molecule has 0 N–H and O–H groups in total. The highest BCUT2D eigenvalue weighted by Gasteiger charge is 2.38. The molecule has 1 amide bonds. The molecule has 2 aromatic heterocycles. The lowest BCUT2D eigenvalue weighted by molar-refractivity contribution is -0.141. The predicted molar refractivity (Wildman–Crippen MR) is 95.9 cm³/mol. The smallest absolute Gasteiger partial charge is 0.227 e. The molecule has 1 atom stereocenters. The summed E-state index contributed by atoms with van der Waals surface area (Å²) in [5.74, 6) is 0.228. The number of fused-ring (bicyclic) bond motifs is 1. The van der Waals surface area contributed by atoms with Crippen LogP contribution in [0.15, 0.2) is 12.1 Å². The van der Waals surface area contributed by atoms with Gasteiger partial charge in [-0.15, -0.1) is 0 Å². The van der Waals surface area contributed by atoms with Crippen LogP contribution < -0.4 is 0 Å². The number of aromatic nitrogens is 3.